The van der Waals surface area contributed by atoms with Crippen LogP contribution in [0.1, 0.15) is 53.4 Å². The molecule has 0 rings (SSSR count). The fraction of sp³-hybridized carbons (Fsp3) is 1.00. The molecule has 0 N–H and O–H groups in total. The lowest BCUT2D eigenvalue weighted by Gasteiger charge is -2.28. The molecule has 1 unspecified atom stereocenters. The first-order valence-corrected chi connectivity index (χ1v) is 5.54. The maximum atomic E-state index is 5.22. The van der Waals surface area contributed by atoms with Crippen LogP contribution in [-0.2, 0) is 4.74 Å². The number of methoxy groups -OCH3 is 1. The van der Waals surface area contributed by atoms with Crippen LogP contribution in [0.25, 0.3) is 0 Å². The van der Waals surface area contributed by atoms with Gasteiger partial charge in [-0.2, -0.15) is 0 Å². The van der Waals surface area contributed by atoms with E-state index >= 15 is 0 Å². The van der Waals surface area contributed by atoms with E-state index in [2.05, 4.69) is 27.7 Å². The van der Waals surface area contributed by atoms with Gasteiger partial charge < -0.3 is 4.74 Å². The summed E-state index contributed by atoms with van der Waals surface area (Å²) in [5.41, 5.74) is 0.494. The van der Waals surface area contributed by atoms with E-state index in [-0.39, 0.29) is 0 Å². The Bertz CT molecular complexity index is 118. The Balaban J connectivity index is 3.89. The molecular formula is C12H26O. The summed E-state index contributed by atoms with van der Waals surface area (Å²) in [6.07, 6.45) is 5.15. The van der Waals surface area contributed by atoms with Gasteiger partial charge in [0.05, 0.1) is 0 Å². The molecule has 1 heteroatoms. The van der Waals surface area contributed by atoms with Crippen molar-refractivity contribution in [3.63, 3.8) is 0 Å². The quantitative estimate of drug-likeness (QED) is 0.586. The molecule has 80 valence electrons. The van der Waals surface area contributed by atoms with Crippen LogP contribution in [0.5, 0.6) is 0 Å². The van der Waals surface area contributed by atoms with E-state index in [4.69, 9.17) is 4.74 Å². The molecule has 0 aliphatic heterocycles. The van der Waals surface area contributed by atoms with Gasteiger partial charge in [-0.25, -0.2) is 0 Å². The van der Waals surface area contributed by atoms with E-state index in [1.807, 2.05) is 0 Å². The molecule has 0 saturated carbocycles. The number of hydrogen-bond donors (Lipinski definition) is 0. The summed E-state index contributed by atoms with van der Waals surface area (Å²) in [6, 6.07) is 0. The number of rotatable bonds is 7. The maximum Gasteiger partial charge on any atom is 0.0490 e. The van der Waals surface area contributed by atoms with Crippen LogP contribution in [-0.4, -0.2) is 13.7 Å². The minimum atomic E-state index is 0.494. The molecule has 13 heavy (non-hydrogen) atoms. The lowest BCUT2D eigenvalue weighted by atomic mass is 9.79. The summed E-state index contributed by atoms with van der Waals surface area (Å²) in [7, 11) is 1.80. The Morgan fingerprint density at radius 1 is 1.23 bits per heavy atom. The fourth-order valence-corrected chi connectivity index (χ4v) is 2.12. The summed E-state index contributed by atoms with van der Waals surface area (Å²) < 4.78 is 5.22. The third kappa shape index (κ3) is 6.09. The Kier molecular flexibility index (Phi) is 6.40. The molecule has 0 bridgehead atoms. The summed E-state index contributed by atoms with van der Waals surface area (Å²) in [5.74, 6) is 0.742. The van der Waals surface area contributed by atoms with Gasteiger partial charge in [-0.3, -0.25) is 0 Å². The highest BCUT2D eigenvalue weighted by Crippen LogP contribution is 2.31. The third-order valence-electron chi connectivity index (χ3n) is 2.75. The zero-order valence-electron chi connectivity index (χ0n) is 10.0. The van der Waals surface area contributed by atoms with E-state index in [0.717, 1.165) is 12.5 Å². The van der Waals surface area contributed by atoms with E-state index in [1.165, 1.54) is 25.7 Å². The second-order valence-electron chi connectivity index (χ2n) is 4.85. The Morgan fingerprint density at radius 3 is 2.23 bits per heavy atom. The van der Waals surface area contributed by atoms with Crippen molar-refractivity contribution in [3.05, 3.63) is 0 Å². The Hall–Kier alpha value is -0.0400. The second kappa shape index (κ2) is 6.42. The molecule has 0 aliphatic rings. The molecule has 0 aromatic heterocycles. The Morgan fingerprint density at radius 2 is 1.85 bits per heavy atom. The molecule has 1 nitrogen and oxygen atoms in total. The van der Waals surface area contributed by atoms with Gasteiger partial charge in [-0.15, -0.1) is 0 Å². The predicted octanol–water partition coefficient (Wildman–Crippen LogP) is 3.88. The summed E-state index contributed by atoms with van der Waals surface area (Å²) in [4.78, 5) is 0. The van der Waals surface area contributed by atoms with Gasteiger partial charge in [0.2, 0.25) is 0 Å². The number of ether oxygens (including phenoxy) is 1. The molecule has 0 heterocycles. The normalized spacial score (nSPS) is 14.5. The molecule has 0 radical (unpaired) electrons. The predicted molar refractivity (Wildman–Crippen MR) is 59.0 cm³/mol. The van der Waals surface area contributed by atoms with Gasteiger partial charge in [-0.05, 0) is 24.2 Å². The average Bonchev–Trinajstić information content (AvgIpc) is 2.03. The van der Waals surface area contributed by atoms with Gasteiger partial charge >= 0.3 is 0 Å². The first-order valence-electron chi connectivity index (χ1n) is 5.54. The highest BCUT2D eigenvalue weighted by Gasteiger charge is 2.21. The van der Waals surface area contributed by atoms with E-state index in [9.17, 15) is 0 Å². The fourth-order valence-electron chi connectivity index (χ4n) is 2.12. The highest BCUT2D eigenvalue weighted by molar-refractivity contribution is 4.72. The van der Waals surface area contributed by atoms with Crippen LogP contribution in [0, 0.1) is 11.3 Å². The lowest BCUT2D eigenvalue weighted by molar-refractivity contribution is 0.116. The van der Waals surface area contributed by atoms with E-state index < -0.39 is 0 Å². The SMILES string of the molecule is CCCC(C)(C)CC(CC)COC. The molecule has 0 aliphatic carbocycles. The monoisotopic (exact) mass is 186 g/mol. The van der Waals surface area contributed by atoms with Crippen LogP contribution >= 0.6 is 0 Å². The van der Waals surface area contributed by atoms with Gasteiger partial charge in [0.1, 0.15) is 0 Å². The van der Waals surface area contributed by atoms with Gasteiger partial charge in [0, 0.05) is 13.7 Å². The molecule has 0 aromatic carbocycles. The first kappa shape index (κ1) is 13.0. The standard InChI is InChI=1S/C12H26O/c1-6-8-12(3,4)9-11(7-2)10-13-5/h11H,6-10H2,1-5H3. The molecule has 0 spiro atoms. The van der Waals surface area contributed by atoms with Crippen molar-refractivity contribution < 1.29 is 4.74 Å². The average molecular weight is 186 g/mol. The minimum absolute atomic E-state index is 0.494. The van der Waals surface area contributed by atoms with Gasteiger partial charge in [0.25, 0.3) is 0 Å². The summed E-state index contributed by atoms with van der Waals surface area (Å²) in [5, 5.41) is 0. The van der Waals surface area contributed by atoms with E-state index in [1.54, 1.807) is 7.11 Å². The van der Waals surface area contributed by atoms with Gasteiger partial charge in [0.15, 0.2) is 0 Å². The van der Waals surface area contributed by atoms with Crippen molar-refractivity contribution >= 4 is 0 Å². The van der Waals surface area contributed by atoms with Crippen LogP contribution in [0.3, 0.4) is 0 Å². The van der Waals surface area contributed by atoms with E-state index in [0.29, 0.717) is 5.41 Å². The molecule has 0 amide bonds. The molecule has 0 aromatic rings. The van der Waals surface area contributed by atoms with Crippen LogP contribution in [0.15, 0.2) is 0 Å². The van der Waals surface area contributed by atoms with Crippen molar-refractivity contribution in [2.24, 2.45) is 11.3 Å². The molecular weight excluding hydrogens is 160 g/mol. The zero-order valence-corrected chi connectivity index (χ0v) is 10.0. The topological polar surface area (TPSA) is 9.23 Å². The van der Waals surface area contributed by atoms with Crippen molar-refractivity contribution in [2.45, 2.75) is 53.4 Å². The smallest absolute Gasteiger partial charge is 0.0490 e. The highest BCUT2D eigenvalue weighted by atomic mass is 16.5. The molecule has 0 saturated heterocycles. The zero-order chi connectivity index (χ0) is 10.3. The summed E-state index contributed by atoms with van der Waals surface area (Å²) in [6.45, 7) is 10.2. The van der Waals surface area contributed by atoms with Crippen molar-refractivity contribution in [3.8, 4) is 0 Å². The Labute approximate surface area is 83.9 Å². The minimum Gasteiger partial charge on any atom is -0.384 e. The van der Waals surface area contributed by atoms with Crippen molar-refractivity contribution in [1.82, 2.24) is 0 Å². The molecule has 0 fully saturated rings. The second-order valence-corrected chi connectivity index (χ2v) is 4.85. The van der Waals surface area contributed by atoms with Gasteiger partial charge in [-0.1, -0.05) is 40.5 Å². The molecule has 1 atom stereocenters. The van der Waals surface area contributed by atoms with Crippen molar-refractivity contribution in [1.29, 1.82) is 0 Å². The first-order chi connectivity index (χ1) is 6.05. The van der Waals surface area contributed by atoms with Crippen LogP contribution in [0.2, 0.25) is 0 Å². The van der Waals surface area contributed by atoms with Crippen LogP contribution < -0.4 is 0 Å². The number of hydrogen-bond acceptors (Lipinski definition) is 1. The maximum absolute atomic E-state index is 5.22. The van der Waals surface area contributed by atoms with Crippen LogP contribution in [0.4, 0.5) is 0 Å². The lowest BCUT2D eigenvalue weighted by Crippen LogP contribution is -2.19. The third-order valence-corrected chi connectivity index (χ3v) is 2.75. The summed E-state index contributed by atoms with van der Waals surface area (Å²) >= 11 is 0. The van der Waals surface area contributed by atoms with Crippen molar-refractivity contribution in [2.75, 3.05) is 13.7 Å². The largest absolute Gasteiger partial charge is 0.384 e.